The lowest BCUT2D eigenvalue weighted by molar-refractivity contribution is -0.131. The van der Waals surface area contributed by atoms with Crippen molar-refractivity contribution in [1.29, 1.82) is 0 Å². The van der Waals surface area contributed by atoms with Crippen LogP contribution in [0.4, 0.5) is 0 Å². The molecule has 0 radical (unpaired) electrons. The number of amides is 1. The Morgan fingerprint density at radius 1 is 1.65 bits per heavy atom. The normalized spacial score (nSPS) is 14.9. The summed E-state index contributed by atoms with van der Waals surface area (Å²) in [6, 6.07) is 0.481. The molecule has 1 aromatic heterocycles. The number of likely N-dealkylation sites (N-methyl/N-ethyl adjacent to an activating group) is 2. The number of hydrogen-bond acceptors (Lipinski definition) is 3. The summed E-state index contributed by atoms with van der Waals surface area (Å²) in [5, 5.41) is 3.08. The minimum absolute atomic E-state index is 0.171. The maximum atomic E-state index is 11.9. The van der Waals surface area contributed by atoms with Gasteiger partial charge in [0.2, 0.25) is 5.91 Å². The zero-order chi connectivity index (χ0) is 12.3. The predicted molar refractivity (Wildman–Crippen MR) is 65.6 cm³/mol. The summed E-state index contributed by atoms with van der Waals surface area (Å²) in [7, 11) is 3.81. The zero-order valence-corrected chi connectivity index (χ0v) is 10.5. The third-order valence-corrected chi connectivity index (χ3v) is 3.12. The van der Waals surface area contributed by atoms with Crippen LogP contribution < -0.4 is 5.32 Å². The fourth-order valence-electron chi connectivity index (χ4n) is 1.81. The molecule has 5 nitrogen and oxygen atoms in total. The zero-order valence-electron chi connectivity index (χ0n) is 10.5. The number of aromatic nitrogens is 2. The van der Waals surface area contributed by atoms with Crippen LogP contribution in [-0.2, 0) is 17.8 Å². The molecule has 0 aromatic carbocycles. The van der Waals surface area contributed by atoms with Crippen LogP contribution in [0.1, 0.15) is 18.5 Å². The van der Waals surface area contributed by atoms with Gasteiger partial charge in [0.15, 0.2) is 0 Å². The van der Waals surface area contributed by atoms with Gasteiger partial charge in [-0.3, -0.25) is 4.79 Å². The molecule has 1 aromatic rings. The first-order chi connectivity index (χ1) is 8.20. The van der Waals surface area contributed by atoms with Gasteiger partial charge in [-0.05, 0) is 19.9 Å². The summed E-state index contributed by atoms with van der Waals surface area (Å²) in [5.41, 5.74) is 1.03. The molecule has 0 saturated heterocycles. The third-order valence-electron chi connectivity index (χ3n) is 3.12. The Morgan fingerprint density at radius 3 is 3.06 bits per heavy atom. The van der Waals surface area contributed by atoms with Gasteiger partial charge in [0, 0.05) is 32.3 Å². The van der Waals surface area contributed by atoms with Gasteiger partial charge < -0.3 is 14.8 Å². The highest BCUT2D eigenvalue weighted by Crippen LogP contribution is 2.25. The van der Waals surface area contributed by atoms with E-state index >= 15 is 0 Å². The average molecular weight is 236 g/mol. The van der Waals surface area contributed by atoms with E-state index in [9.17, 15) is 4.79 Å². The monoisotopic (exact) mass is 236 g/mol. The van der Waals surface area contributed by atoms with E-state index in [4.69, 9.17) is 0 Å². The van der Waals surface area contributed by atoms with E-state index in [2.05, 4.69) is 10.3 Å². The number of carbonyl (C=O) groups is 1. The van der Waals surface area contributed by atoms with Crippen LogP contribution in [0.3, 0.4) is 0 Å². The lowest BCUT2D eigenvalue weighted by Gasteiger charge is -2.16. The van der Waals surface area contributed by atoms with E-state index in [0.29, 0.717) is 12.6 Å². The molecule has 0 aliphatic heterocycles. The van der Waals surface area contributed by atoms with E-state index in [0.717, 1.165) is 31.5 Å². The molecule has 1 amide bonds. The highest BCUT2D eigenvalue weighted by atomic mass is 16.2. The van der Waals surface area contributed by atoms with Crippen molar-refractivity contribution in [2.24, 2.45) is 0 Å². The van der Waals surface area contributed by atoms with Crippen LogP contribution in [-0.4, -0.2) is 47.0 Å². The summed E-state index contributed by atoms with van der Waals surface area (Å²) in [5.74, 6) is 0.171. The first kappa shape index (κ1) is 12.1. The van der Waals surface area contributed by atoms with E-state index in [1.54, 1.807) is 6.33 Å². The Bertz CT molecular complexity index is 384. The van der Waals surface area contributed by atoms with Gasteiger partial charge in [-0.2, -0.15) is 0 Å². The second-order valence-corrected chi connectivity index (χ2v) is 4.63. The first-order valence-corrected chi connectivity index (χ1v) is 6.11. The Morgan fingerprint density at radius 2 is 2.41 bits per heavy atom. The Kier molecular flexibility index (Phi) is 3.78. The topological polar surface area (TPSA) is 50.2 Å². The smallest absolute Gasteiger partial charge is 0.242 e. The van der Waals surface area contributed by atoms with Crippen molar-refractivity contribution in [1.82, 2.24) is 19.8 Å². The number of rotatable bonds is 6. The maximum Gasteiger partial charge on any atom is 0.242 e. The fraction of sp³-hybridized carbons (Fsp3) is 0.667. The molecule has 1 saturated carbocycles. The number of carbonyl (C=O) groups excluding carboxylic acids is 1. The van der Waals surface area contributed by atoms with Crippen molar-refractivity contribution in [2.45, 2.75) is 31.8 Å². The van der Waals surface area contributed by atoms with Gasteiger partial charge in [-0.15, -0.1) is 0 Å². The Labute approximate surface area is 102 Å². The van der Waals surface area contributed by atoms with Gasteiger partial charge in [0.1, 0.15) is 6.54 Å². The highest BCUT2D eigenvalue weighted by molar-refractivity contribution is 5.76. The average Bonchev–Trinajstić information content (AvgIpc) is 3.08. The van der Waals surface area contributed by atoms with Crippen LogP contribution in [0, 0.1) is 0 Å². The number of hydrogen-bond donors (Lipinski definition) is 1. The van der Waals surface area contributed by atoms with E-state index in [1.165, 1.54) is 0 Å². The van der Waals surface area contributed by atoms with Crippen LogP contribution in [0.2, 0.25) is 0 Å². The summed E-state index contributed by atoms with van der Waals surface area (Å²) >= 11 is 0. The van der Waals surface area contributed by atoms with Crippen LogP contribution in [0.5, 0.6) is 0 Å². The van der Waals surface area contributed by atoms with Crippen molar-refractivity contribution in [3.05, 3.63) is 18.2 Å². The Hall–Kier alpha value is -1.36. The molecule has 0 unspecified atom stereocenters. The van der Waals surface area contributed by atoms with Gasteiger partial charge in [0.25, 0.3) is 0 Å². The number of imidazole rings is 1. The quantitative estimate of drug-likeness (QED) is 0.771. The molecule has 1 heterocycles. The fourth-order valence-corrected chi connectivity index (χ4v) is 1.81. The predicted octanol–water partition coefficient (Wildman–Crippen LogP) is 0.266. The lowest BCUT2D eigenvalue weighted by Crippen LogP contribution is -2.31. The van der Waals surface area contributed by atoms with Crippen LogP contribution in [0.25, 0.3) is 0 Å². The van der Waals surface area contributed by atoms with E-state index < -0.39 is 0 Å². The van der Waals surface area contributed by atoms with Gasteiger partial charge >= 0.3 is 0 Å². The second kappa shape index (κ2) is 5.31. The number of nitrogens with zero attached hydrogens (tertiary/aromatic N) is 3. The van der Waals surface area contributed by atoms with Crippen molar-refractivity contribution in [3.8, 4) is 0 Å². The van der Waals surface area contributed by atoms with Crippen molar-refractivity contribution >= 4 is 5.91 Å². The molecule has 0 bridgehead atoms. The Balaban J connectivity index is 1.85. The number of nitrogens with one attached hydrogen (secondary N) is 1. The van der Waals surface area contributed by atoms with Gasteiger partial charge in [-0.1, -0.05) is 0 Å². The molecule has 0 atom stereocenters. The third kappa shape index (κ3) is 3.30. The largest absolute Gasteiger partial charge is 0.341 e. The lowest BCUT2D eigenvalue weighted by atomic mass is 10.3. The minimum Gasteiger partial charge on any atom is -0.341 e. The second-order valence-electron chi connectivity index (χ2n) is 4.63. The molecule has 1 N–H and O–H groups in total. The molecular weight excluding hydrogens is 216 g/mol. The van der Waals surface area contributed by atoms with Crippen molar-refractivity contribution in [3.63, 3.8) is 0 Å². The molecule has 2 rings (SSSR count). The first-order valence-electron chi connectivity index (χ1n) is 6.11. The van der Waals surface area contributed by atoms with Crippen LogP contribution in [0.15, 0.2) is 12.5 Å². The molecule has 17 heavy (non-hydrogen) atoms. The summed E-state index contributed by atoms with van der Waals surface area (Å²) in [6.07, 6.45) is 6.90. The molecular formula is C12H20N4O. The van der Waals surface area contributed by atoms with Crippen LogP contribution >= 0.6 is 0 Å². The molecule has 1 fully saturated rings. The molecule has 5 heteroatoms. The maximum absolute atomic E-state index is 11.9. The standard InChI is InChI=1S/C12H20N4O/c1-13-6-5-10-7-16(9-14-10)8-12(17)15(2)11-3-4-11/h7,9,11,13H,3-6,8H2,1-2H3. The van der Waals surface area contributed by atoms with Crippen molar-refractivity contribution in [2.75, 3.05) is 20.6 Å². The molecule has 0 spiro atoms. The highest BCUT2D eigenvalue weighted by Gasteiger charge is 2.29. The molecule has 1 aliphatic rings. The van der Waals surface area contributed by atoms with E-state index in [1.807, 2.05) is 29.8 Å². The summed E-state index contributed by atoms with van der Waals surface area (Å²) < 4.78 is 1.87. The van der Waals surface area contributed by atoms with E-state index in [-0.39, 0.29) is 5.91 Å². The summed E-state index contributed by atoms with van der Waals surface area (Å²) in [4.78, 5) is 18.0. The summed E-state index contributed by atoms with van der Waals surface area (Å²) in [6.45, 7) is 1.31. The SMILES string of the molecule is CNCCc1cn(CC(=O)N(C)C2CC2)cn1. The molecule has 1 aliphatic carbocycles. The molecule has 94 valence electrons. The minimum atomic E-state index is 0.171. The van der Waals surface area contributed by atoms with Gasteiger partial charge in [0.05, 0.1) is 12.0 Å². The van der Waals surface area contributed by atoms with Gasteiger partial charge in [-0.25, -0.2) is 4.98 Å². The van der Waals surface area contributed by atoms with Crippen molar-refractivity contribution < 1.29 is 4.79 Å².